The van der Waals surface area contributed by atoms with E-state index >= 15 is 0 Å². The van der Waals surface area contributed by atoms with Gasteiger partial charge < -0.3 is 14.5 Å². The van der Waals surface area contributed by atoms with Gasteiger partial charge >= 0.3 is 5.97 Å². The number of hydrogen-bond acceptors (Lipinski definition) is 5. The van der Waals surface area contributed by atoms with E-state index in [4.69, 9.17) is 4.74 Å². The summed E-state index contributed by atoms with van der Waals surface area (Å²) in [5.41, 5.74) is 1.31. The second kappa shape index (κ2) is 10.1. The third kappa shape index (κ3) is 6.78. The molecule has 0 amide bonds. The van der Waals surface area contributed by atoms with Gasteiger partial charge in [-0.2, -0.15) is 0 Å². The number of carbonyl (C=O) groups excluding carboxylic acids is 1. The average molecular weight is 345 g/mol. The number of nitrogens with zero attached hydrogens (tertiary/aromatic N) is 3. The number of ether oxygens (including phenoxy) is 1. The van der Waals surface area contributed by atoms with Crippen LogP contribution < -0.4 is 0 Å². The Bertz CT molecular complexity index is 539. The van der Waals surface area contributed by atoms with Crippen LogP contribution in [0.4, 0.5) is 0 Å². The molecule has 0 unspecified atom stereocenters. The highest BCUT2D eigenvalue weighted by Gasteiger charge is 2.22. The Morgan fingerprint density at radius 3 is 2.52 bits per heavy atom. The van der Waals surface area contributed by atoms with Gasteiger partial charge in [-0.3, -0.25) is 9.69 Å². The predicted molar refractivity (Wildman–Crippen MR) is 101 cm³/mol. The molecule has 1 aromatic rings. The Hall–Kier alpha value is -2.01. The number of likely N-dealkylation sites (tertiary alicyclic amines) is 1. The minimum absolute atomic E-state index is 0.114. The number of piperidine rings is 1. The molecule has 0 atom stereocenters. The van der Waals surface area contributed by atoms with Crippen molar-refractivity contribution in [3.05, 3.63) is 48.3 Å². The number of carbonyl (C=O) groups is 1. The Kier molecular flexibility index (Phi) is 7.79. The summed E-state index contributed by atoms with van der Waals surface area (Å²) in [5.74, 6) is -0.114. The molecule has 0 aliphatic carbocycles. The van der Waals surface area contributed by atoms with Crippen molar-refractivity contribution in [2.75, 3.05) is 40.3 Å². The van der Waals surface area contributed by atoms with E-state index in [0.717, 1.165) is 32.5 Å². The molecule has 0 spiro atoms. The third-order valence-corrected chi connectivity index (χ3v) is 4.62. The zero-order valence-electron chi connectivity index (χ0n) is 15.7. The molecule has 1 heterocycles. The lowest BCUT2D eigenvalue weighted by Gasteiger charge is -2.36. The minimum atomic E-state index is -0.114. The summed E-state index contributed by atoms with van der Waals surface area (Å²) in [6.07, 6.45) is 6.44. The molecule has 138 valence electrons. The van der Waals surface area contributed by atoms with Crippen LogP contribution in [0.1, 0.15) is 25.3 Å². The van der Waals surface area contributed by atoms with Gasteiger partial charge in [0.2, 0.25) is 0 Å². The second-order valence-corrected chi connectivity index (χ2v) is 6.68. The lowest BCUT2D eigenvalue weighted by Crippen LogP contribution is -2.43. The van der Waals surface area contributed by atoms with Gasteiger partial charge in [0.05, 0.1) is 13.2 Å². The molecule has 0 N–H and O–H groups in total. The highest BCUT2D eigenvalue weighted by molar-refractivity contribution is 5.71. The third-order valence-electron chi connectivity index (χ3n) is 4.62. The van der Waals surface area contributed by atoms with Crippen LogP contribution in [-0.4, -0.2) is 67.0 Å². The smallest absolute Gasteiger partial charge is 0.320 e. The molecule has 2 rings (SSSR count). The van der Waals surface area contributed by atoms with Gasteiger partial charge in [-0.05, 0) is 25.3 Å². The van der Waals surface area contributed by atoms with E-state index in [-0.39, 0.29) is 5.97 Å². The molecule has 1 saturated heterocycles. The van der Waals surface area contributed by atoms with Crippen molar-refractivity contribution in [2.45, 2.75) is 32.4 Å². The van der Waals surface area contributed by atoms with Crippen molar-refractivity contribution in [1.82, 2.24) is 14.7 Å². The number of esters is 1. The van der Waals surface area contributed by atoms with E-state index in [9.17, 15) is 4.79 Å². The molecule has 1 aliphatic heterocycles. The first-order chi connectivity index (χ1) is 12.1. The first-order valence-corrected chi connectivity index (χ1v) is 9.11. The van der Waals surface area contributed by atoms with Crippen LogP contribution in [0.25, 0.3) is 0 Å². The molecule has 0 radical (unpaired) electrons. The van der Waals surface area contributed by atoms with Gasteiger partial charge in [-0.15, -0.1) is 0 Å². The highest BCUT2D eigenvalue weighted by Crippen LogP contribution is 2.16. The second-order valence-electron chi connectivity index (χ2n) is 6.68. The monoisotopic (exact) mass is 345 g/mol. The lowest BCUT2D eigenvalue weighted by atomic mass is 10.0. The zero-order valence-corrected chi connectivity index (χ0v) is 15.7. The summed E-state index contributed by atoms with van der Waals surface area (Å²) >= 11 is 0. The summed E-state index contributed by atoms with van der Waals surface area (Å²) in [4.78, 5) is 18.2. The van der Waals surface area contributed by atoms with Crippen molar-refractivity contribution in [2.24, 2.45) is 0 Å². The van der Waals surface area contributed by atoms with Gasteiger partial charge in [0.15, 0.2) is 0 Å². The van der Waals surface area contributed by atoms with E-state index < -0.39 is 0 Å². The fraction of sp³-hybridized carbons (Fsp3) is 0.550. The molecular formula is C20H31N3O2. The van der Waals surface area contributed by atoms with Gasteiger partial charge in [0.25, 0.3) is 0 Å². The quantitative estimate of drug-likeness (QED) is 0.677. The Morgan fingerprint density at radius 2 is 1.88 bits per heavy atom. The molecule has 25 heavy (non-hydrogen) atoms. The van der Waals surface area contributed by atoms with Crippen LogP contribution in [0.5, 0.6) is 0 Å². The summed E-state index contributed by atoms with van der Waals surface area (Å²) in [7, 11) is 4.23. The Morgan fingerprint density at radius 1 is 1.20 bits per heavy atom. The molecule has 0 aromatic heterocycles. The standard InChI is InChI=1S/C20H31N3O2/c1-4-25-20(24)17-23-12-10-19(11-13-23)22(3)15-14-21(2)16-18-8-6-5-7-9-18/h5-9,14-15,19H,4,10-13,16-17H2,1-3H3/b15-14+. The van der Waals surface area contributed by atoms with Crippen molar-refractivity contribution in [3.8, 4) is 0 Å². The predicted octanol–water partition coefficient (Wildman–Crippen LogP) is 2.55. The normalized spacial score (nSPS) is 16.1. The van der Waals surface area contributed by atoms with Gasteiger partial charge in [0.1, 0.15) is 0 Å². The largest absolute Gasteiger partial charge is 0.465 e. The molecule has 0 bridgehead atoms. The van der Waals surface area contributed by atoms with Crippen LogP contribution in [0.2, 0.25) is 0 Å². The SMILES string of the molecule is CCOC(=O)CN1CCC(N(C)/C=C/N(C)Cc2ccccc2)CC1. The number of rotatable bonds is 8. The molecule has 1 aromatic carbocycles. The van der Waals surface area contributed by atoms with Gasteiger partial charge in [-0.25, -0.2) is 0 Å². The van der Waals surface area contributed by atoms with E-state index in [1.807, 2.05) is 13.0 Å². The molecule has 5 heteroatoms. The molecule has 1 fully saturated rings. The van der Waals surface area contributed by atoms with Crippen LogP contribution >= 0.6 is 0 Å². The fourth-order valence-electron chi connectivity index (χ4n) is 3.14. The van der Waals surface area contributed by atoms with E-state index in [1.54, 1.807) is 0 Å². The van der Waals surface area contributed by atoms with E-state index in [0.29, 0.717) is 19.2 Å². The maximum atomic E-state index is 11.6. The van der Waals surface area contributed by atoms with Gasteiger partial charge in [0, 0.05) is 52.2 Å². The van der Waals surface area contributed by atoms with E-state index in [1.165, 1.54) is 5.56 Å². The summed E-state index contributed by atoms with van der Waals surface area (Å²) in [5, 5.41) is 0. The number of benzene rings is 1. The first-order valence-electron chi connectivity index (χ1n) is 9.11. The van der Waals surface area contributed by atoms with Gasteiger partial charge in [-0.1, -0.05) is 30.3 Å². The van der Waals surface area contributed by atoms with Crippen LogP contribution in [-0.2, 0) is 16.1 Å². The minimum Gasteiger partial charge on any atom is -0.465 e. The summed E-state index contributed by atoms with van der Waals surface area (Å²) in [6, 6.07) is 11.0. The zero-order chi connectivity index (χ0) is 18.1. The molecule has 0 saturated carbocycles. The van der Waals surface area contributed by atoms with Crippen molar-refractivity contribution in [3.63, 3.8) is 0 Å². The fourth-order valence-corrected chi connectivity index (χ4v) is 3.14. The molecule has 5 nitrogen and oxygen atoms in total. The first kappa shape index (κ1) is 19.3. The molecular weight excluding hydrogens is 314 g/mol. The maximum Gasteiger partial charge on any atom is 0.320 e. The molecule has 1 aliphatic rings. The summed E-state index contributed by atoms with van der Waals surface area (Å²) in [6.45, 7) is 5.52. The highest BCUT2D eigenvalue weighted by atomic mass is 16.5. The average Bonchev–Trinajstić information content (AvgIpc) is 2.61. The van der Waals surface area contributed by atoms with E-state index in [2.05, 4.69) is 65.5 Å². The van der Waals surface area contributed by atoms with Crippen LogP contribution in [0, 0.1) is 0 Å². The Balaban J connectivity index is 1.72. The Labute approximate surface area is 151 Å². The number of hydrogen-bond donors (Lipinski definition) is 0. The van der Waals surface area contributed by atoms with Crippen molar-refractivity contribution < 1.29 is 9.53 Å². The topological polar surface area (TPSA) is 36.0 Å². The van der Waals surface area contributed by atoms with Crippen molar-refractivity contribution in [1.29, 1.82) is 0 Å². The van der Waals surface area contributed by atoms with Crippen LogP contribution in [0.3, 0.4) is 0 Å². The summed E-state index contributed by atoms with van der Waals surface area (Å²) < 4.78 is 5.02. The van der Waals surface area contributed by atoms with Crippen LogP contribution in [0.15, 0.2) is 42.7 Å². The van der Waals surface area contributed by atoms with Crippen molar-refractivity contribution >= 4 is 5.97 Å². The lowest BCUT2D eigenvalue weighted by molar-refractivity contribution is -0.144. The maximum absolute atomic E-state index is 11.6.